The van der Waals surface area contributed by atoms with Gasteiger partial charge < -0.3 is 10.2 Å². The minimum absolute atomic E-state index is 0.0734. The van der Waals surface area contributed by atoms with Gasteiger partial charge in [0.1, 0.15) is 0 Å². The largest absolute Gasteiger partial charge is 0.393 e. The molecule has 0 bridgehead atoms. The summed E-state index contributed by atoms with van der Waals surface area (Å²) in [5.74, 6) is 0.220. The lowest BCUT2D eigenvalue weighted by atomic mass is 9.93. The molecular formula is C16H32O2. The highest BCUT2D eigenvalue weighted by atomic mass is 16.3. The second-order valence-electron chi connectivity index (χ2n) is 5.16. The van der Waals surface area contributed by atoms with E-state index in [0.29, 0.717) is 0 Å². The quantitative estimate of drug-likeness (QED) is 0.408. The Bertz CT molecular complexity index is 190. The summed E-state index contributed by atoms with van der Waals surface area (Å²) >= 11 is 0. The maximum atomic E-state index is 9.88. The maximum Gasteiger partial charge on any atom is 0.0612 e. The Balaban J connectivity index is 3.66. The van der Waals surface area contributed by atoms with Crippen LogP contribution in [0, 0.1) is 5.92 Å². The van der Waals surface area contributed by atoms with Crippen LogP contribution in [0.2, 0.25) is 0 Å². The summed E-state index contributed by atoms with van der Waals surface area (Å²) in [5, 5.41) is 18.7. The molecule has 0 spiro atoms. The molecule has 0 rings (SSSR count). The fraction of sp³-hybridized carbons (Fsp3) is 0.875. The summed E-state index contributed by atoms with van der Waals surface area (Å²) in [7, 11) is 0. The van der Waals surface area contributed by atoms with Crippen LogP contribution in [0.5, 0.6) is 0 Å². The van der Waals surface area contributed by atoms with E-state index in [4.69, 9.17) is 5.11 Å². The third-order valence-electron chi connectivity index (χ3n) is 3.54. The molecule has 2 nitrogen and oxygen atoms in total. The molecule has 0 amide bonds. The van der Waals surface area contributed by atoms with E-state index >= 15 is 0 Å². The van der Waals surface area contributed by atoms with Crippen molar-refractivity contribution in [3.8, 4) is 0 Å². The number of rotatable bonds is 12. The standard InChI is InChI=1S/C16H32O2/c1-3-5-6-7-8-9-10-12-15(13-11-14-17)16(18)4-2/h11,13,15-18H,3-10,12,14H2,1-2H3/b13-11+/t15-,16-/m1/s1. The number of unbranched alkanes of at least 4 members (excludes halogenated alkanes) is 6. The first-order valence-electron chi connectivity index (χ1n) is 7.71. The highest BCUT2D eigenvalue weighted by molar-refractivity contribution is 4.91. The Morgan fingerprint density at radius 2 is 1.56 bits per heavy atom. The second-order valence-corrected chi connectivity index (χ2v) is 5.16. The van der Waals surface area contributed by atoms with E-state index < -0.39 is 0 Å². The van der Waals surface area contributed by atoms with E-state index in [1.54, 1.807) is 6.08 Å². The summed E-state index contributed by atoms with van der Waals surface area (Å²) in [4.78, 5) is 0. The zero-order chi connectivity index (χ0) is 13.6. The fourth-order valence-corrected chi connectivity index (χ4v) is 2.29. The van der Waals surface area contributed by atoms with Gasteiger partial charge in [-0.25, -0.2) is 0 Å². The van der Waals surface area contributed by atoms with Crippen molar-refractivity contribution >= 4 is 0 Å². The van der Waals surface area contributed by atoms with Crippen molar-refractivity contribution in [1.82, 2.24) is 0 Å². The summed E-state index contributed by atoms with van der Waals surface area (Å²) < 4.78 is 0. The van der Waals surface area contributed by atoms with Crippen molar-refractivity contribution in [3.05, 3.63) is 12.2 Å². The highest BCUT2D eigenvalue weighted by Crippen LogP contribution is 2.18. The van der Waals surface area contributed by atoms with Crippen molar-refractivity contribution in [2.24, 2.45) is 5.92 Å². The van der Waals surface area contributed by atoms with Crippen molar-refractivity contribution in [1.29, 1.82) is 0 Å². The zero-order valence-electron chi connectivity index (χ0n) is 12.3. The SMILES string of the molecule is CCCCCCCCC[C@H](/C=C/CO)[C@H](O)CC. The number of aliphatic hydroxyl groups is 2. The predicted octanol–water partition coefficient (Wildman–Crippen LogP) is 4.06. The molecule has 108 valence electrons. The van der Waals surface area contributed by atoms with Gasteiger partial charge in [-0.1, -0.05) is 70.9 Å². The van der Waals surface area contributed by atoms with Gasteiger partial charge in [-0.15, -0.1) is 0 Å². The molecule has 18 heavy (non-hydrogen) atoms. The molecule has 0 unspecified atom stereocenters. The van der Waals surface area contributed by atoms with Crippen LogP contribution in [0.25, 0.3) is 0 Å². The topological polar surface area (TPSA) is 40.5 Å². The Morgan fingerprint density at radius 1 is 0.944 bits per heavy atom. The van der Waals surface area contributed by atoms with E-state index in [-0.39, 0.29) is 18.6 Å². The van der Waals surface area contributed by atoms with Crippen LogP contribution in [-0.2, 0) is 0 Å². The molecule has 0 aromatic heterocycles. The molecule has 0 aromatic carbocycles. The first kappa shape index (κ1) is 17.7. The second kappa shape index (κ2) is 13.1. The van der Waals surface area contributed by atoms with Gasteiger partial charge in [0, 0.05) is 5.92 Å². The van der Waals surface area contributed by atoms with Crippen molar-refractivity contribution in [2.45, 2.75) is 77.7 Å². The van der Waals surface area contributed by atoms with Gasteiger partial charge in [-0.05, 0) is 12.8 Å². The molecule has 0 radical (unpaired) electrons. The van der Waals surface area contributed by atoms with Crippen molar-refractivity contribution in [2.75, 3.05) is 6.61 Å². The van der Waals surface area contributed by atoms with E-state index in [9.17, 15) is 5.11 Å². The molecule has 0 saturated carbocycles. The molecule has 0 aliphatic rings. The molecule has 2 N–H and O–H groups in total. The zero-order valence-corrected chi connectivity index (χ0v) is 12.3. The molecular weight excluding hydrogens is 224 g/mol. The minimum atomic E-state index is -0.257. The van der Waals surface area contributed by atoms with Gasteiger partial charge in [0.05, 0.1) is 12.7 Å². The van der Waals surface area contributed by atoms with E-state index in [0.717, 1.165) is 12.8 Å². The molecule has 2 atom stereocenters. The highest BCUT2D eigenvalue weighted by Gasteiger charge is 2.13. The average molecular weight is 256 g/mol. The predicted molar refractivity (Wildman–Crippen MR) is 78.6 cm³/mol. The molecule has 0 aromatic rings. The molecule has 0 fully saturated rings. The van der Waals surface area contributed by atoms with Crippen LogP contribution >= 0.6 is 0 Å². The van der Waals surface area contributed by atoms with Crippen LogP contribution in [0.15, 0.2) is 12.2 Å². The molecule has 0 aliphatic carbocycles. The Hall–Kier alpha value is -0.340. The molecule has 0 heterocycles. The first-order chi connectivity index (χ1) is 8.76. The molecule has 0 saturated heterocycles. The van der Waals surface area contributed by atoms with Crippen molar-refractivity contribution in [3.63, 3.8) is 0 Å². The Kier molecular flexibility index (Phi) is 12.9. The van der Waals surface area contributed by atoms with Gasteiger partial charge in [0.25, 0.3) is 0 Å². The number of aliphatic hydroxyl groups excluding tert-OH is 2. The lowest BCUT2D eigenvalue weighted by Crippen LogP contribution is -2.17. The number of hydrogen-bond donors (Lipinski definition) is 2. The monoisotopic (exact) mass is 256 g/mol. The van der Waals surface area contributed by atoms with Gasteiger partial charge >= 0.3 is 0 Å². The Morgan fingerprint density at radius 3 is 2.11 bits per heavy atom. The lowest BCUT2D eigenvalue weighted by Gasteiger charge is -2.18. The van der Waals surface area contributed by atoms with E-state index in [1.165, 1.54) is 44.9 Å². The third-order valence-corrected chi connectivity index (χ3v) is 3.54. The molecule has 2 heteroatoms. The third kappa shape index (κ3) is 9.67. The van der Waals surface area contributed by atoms with Gasteiger partial charge in [-0.2, -0.15) is 0 Å². The summed E-state index contributed by atoms with van der Waals surface area (Å²) in [6.07, 6.45) is 14.4. The smallest absolute Gasteiger partial charge is 0.0612 e. The van der Waals surface area contributed by atoms with Crippen molar-refractivity contribution < 1.29 is 10.2 Å². The summed E-state index contributed by atoms with van der Waals surface area (Å²) in [5.41, 5.74) is 0. The van der Waals surface area contributed by atoms with Gasteiger partial charge in [0.2, 0.25) is 0 Å². The normalized spacial score (nSPS) is 15.1. The minimum Gasteiger partial charge on any atom is -0.393 e. The summed E-state index contributed by atoms with van der Waals surface area (Å²) in [6, 6.07) is 0. The van der Waals surface area contributed by atoms with Crippen LogP contribution in [-0.4, -0.2) is 22.9 Å². The van der Waals surface area contributed by atoms with Gasteiger partial charge in [0.15, 0.2) is 0 Å². The van der Waals surface area contributed by atoms with E-state index in [1.807, 2.05) is 13.0 Å². The molecule has 0 aliphatic heterocycles. The maximum absolute atomic E-state index is 9.88. The van der Waals surface area contributed by atoms with Crippen LogP contribution in [0.3, 0.4) is 0 Å². The first-order valence-corrected chi connectivity index (χ1v) is 7.71. The summed E-state index contributed by atoms with van der Waals surface area (Å²) in [6.45, 7) is 4.32. The Labute approximate surface area is 113 Å². The van der Waals surface area contributed by atoms with Crippen LogP contribution in [0.1, 0.15) is 71.6 Å². The van der Waals surface area contributed by atoms with Crippen LogP contribution in [0.4, 0.5) is 0 Å². The lowest BCUT2D eigenvalue weighted by molar-refractivity contribution is 0.119. The fourth-order valence-electron chi connectivity index (χ4n) is 2.29. The van der Waals surface area contributed by atoms with Crippen LogP contribution < -0.4 is 0 Å². The van der Waals surface area contributed by atoms with Gasteiger partial charge in [-0.3, -0.25) is 0 Å². The van der Waals surface area contributed by atoms with E-state index in [2.05, 4.69) is 6.92 Å². The average Bonchev–Trinajstić information content (AvgIpc) is 2.40. The number of hydrogen-bond acceptors (Lipinski definition) is 2.